The number of nitro groups is 1. The number of anilines is 1. The van der Waals surface area contributed by atoms with Gasteiger partial charge >= 0.3 is 0 Å². The Labute approximate surface area is 135 Å². The maximum atomic E-state index is 12.1. The Morgan fingerprint density at radius 1 is 1.26 bits per heavy atom. The highest BCUT2D eigenvalue weighted by Gasteiger charge is 2.15. The van der Waals surface area contributed by atoms with E-state index >= 15 is 0 Å². The molecule has 1 amide bonds. The fourth-order valence-electron chi connectivity index (χ4n) is 1.93. The van der Waals surface area contributed by atoms with Gasteiger partial charge in [-0.3, -0.25) is 19.1 Å². The van der Waals surface area contributed by atoms with E-state index in [1.54, 1.807) is 30.5 Å². The third kappa shape index (κ3) is 4.13. The molecule has 0 saturated heterocycles. The number of amides is 1. The summed E-state index contributed by atoms with van der Waals surface area (Å²) < 4.78 is 11.3. The fourth-order valence-corrected chi connectivity index (χ4v) is 2.45. The molecule has 0 saturated carbocycles. The Morgan fingerprint density at radius 3 is 2.48 bits per heavy atom. The number of nitro benzene ring substituents is 1. The first-order chi connectivity index (χ1) is 10.9. The van der Waals surface area contributed by atoms with Gasteiger partial charge in [0.2, 0.25) is 0 Å². The van der Waals surface area contributed by atoms with Crippen molar-refractivity contribution in [1.29, 1.82) is 0 Å². The van der Waals surface area contributed by atoms with Gasteiger partial charge in [0.15, 0.2) is 0 Å². The van der Waals surface area contributed by atoms with E-state index in [1.807, 2.05) is 0 Å². The number of carbonyl (C=O) groups is 1. The summed E-state index contributed by atoms with van der Waals surface area (Å²) in [7, 11) is -1.06. The second-order valence-corrected chi connectivity index (χ2v) is 6.19. The van der Waals surface area contributed by atoms with E-state index in [-0.39, 0.29) is 23.5 Å². The number of nitrogens with one attached hydrogen (secondary N) is 1. The largest absolute Gasteiger partial charge is 0.398 e. The van der Waals surface area contributed by atoms with Gasteiger partial charge in [0.25, 0.3) is 11.6 Å². The van der Waals surface area contributed by atoms with Crippen LogP contribution < -0.4 is 11.1 Å². The number of hydrogen-bond donors (Lipinski definition) is 2. The topological polar surface area (TPSA) is 115 Å². The highest BCUT2D eigenvalue weighted by Crippen LogP contribution is 2.19. The van der Waals surface area contributed by atoms with Crippen LogP contribution in [-0.2, 0) is 17.3 Å². The first-order valence-electron chi connectivity index (χ1n) is 6.63. The molecule has 0 aromatic heterocycles. The van der Waals surface area contributed by atoms with Crippen molar-refractivity contribution in [2.24, 2.45) is 0 Å². The van der Waals surface area contributed by atoms with Crippen LogP contribution in [0.15, 0.2) is 47.4 Å². The number of nitrogens with zero attached hydrogens (tertiary/aromatic N) is 1. The van der Waals surface area contributed by atoms with Crippen molar-refractivity contribution < 1.29 is 13.9 Å². The van der Waals surface area contributed by atoms with Crippen molar-refractivity contribution >= 4 is 28.1 Å². The Bertz CT molecular complexity index is 775. The summed E-state index contributed by atoms with van der Waals surface area (Å²) in [6, 6.07) is 10.7. The summed E-state index contributed by atoms with van der Waals surface area (Å²) >= 11 is 0. The number of nitrogen functional groups attached to an aromatic ring is 1. The molecule has 0 spiro atoms. The SMILES string of the molecule is C[S@](=O)c1ccc(CNC(=O)c2cc([N+](=O)[O-])ccc2N)cc1. The fraction of sp³-hybridized carbons (Fsp3) is 0.133. The molecule has 0 unspecified atom stereocenters. The minimum atomic E-state index is -1.06. The molecule has 1 atom stereocenters. The van der Waals surface area contributed by atoms with Crippen molar-refractivity contribution in [3.63, 3.8) is 0 Å². The van der Waals surface area contributed by atoms with Crippen molar-refractivity contribution in [2.45, 2.75) is 11.4 Å². The van der Waals surface area contributed by atoms with Crippen LogP contribution in [0.3, 0.4) is 0 Å². The molecule has 0 bridgehead atoms. The van der Waals surface area contributed by atoms with Crippen LogP contribution in [0.25, 0.3) is 0 Å². The van der Waals surface area contributed by atoms with Crippen molar-refractivity contribution in [1.82, 2.24) is 5.32 Å². The van der Waals surface area contributed by atoms with Gasteiger partial charge in [0.1, 0.15) is 0 Å². The van der Waals surface area contributed by atoms with E-state index in [4.69, 9.17) is 5.73 Å². The zero-order valence-electron chi connectivity index (χ0n) is 12.3. The summed E-state index contributed by atoms with van der Waals surface area (Å²) in [6.07, 6.45) is 1.59. The summed E-state index contributed by atoms with van der Waals surface area (Å²) in [5.41, 5.74) is 6.55. The van der Waals surface area contributed by atoms with Gasteiger partial charge in [-0.05, 0) is 23.8 Å². The summed E-state index contributed by atoms with van der Waals surface area (Å²) in [6.45, 7) is 0.234. The van der Waals surface area contributed by atoms with Gasteiger partial charge in [-0.2, -0.15) is 0 Å². The predicted octanol–water partition coefficient (Wildman–Crippen LogP) is 1.84. The Morgan fingerprint density at radius 2 is 1.91 bits per heavy atom. The molecule has 2 rings (SSSR count). The number of rotatable bonds is 5. The van der Waals surface area contributed by atoms with Gasteiger partial charge in [0.05, 0.1) is 10.5 Å². The standard InChI is InChI=1S/C15H15N3O4S/c1-23(22)12-5-2-10(3-6-12)9-17-15(19)13-8-11(18(20)21)4-7-14(13)16/h2-8H,9,16H2,1H3,(H,17,19)/t23-/m0/s1. The van der Waals surface area contributed by atoms with Crippen LogP contribution in [0.2, 0.25) is 0 Å². The van der Waals surface area contributed by atoms with Crippen LogP contribution in [0.1, 0.15) is 15.9 Å². The van der Waals surface area contributed by atoms with Gasteiger partial charge in [-0.1, -0.05) is 12.1 Å². The molecular weight excluding hydrogens is 318 g/mol. The van der Waals surface area contributed by atoms with E-state index in [1.165, 1.54) is 12.1 Å². The zero-order valence-corrected chi connectivity index (χ0v) is 13.1. The number of hydrogen-bond acceptors (Lipinski definition) is 5. The molecule has 23 heavy (non-hydrogen) atoms. The second kappa shape index (κ2) is 7.01. The third-order valence-electron chi connectivity index (χ3n) is 3.20. The van der Waals surface area contributed by atoms with E-state index in [2.05, 4.69) is 5.32 Å². The average Bonchev–Trinajstić information content (AvgIpc) is 2.53. The molecule has 0 aliphatic rings. The van der Waals surface area contributed by atoms with Crippen LogP contribution in [0.5, 0.6) is 0 Å². The Kier molecular flexibility index (Phi) is 5.07. The van der Waals surface area contributed by atoms with E-state index in [0.717, 1.165) is 11.6 Å². The summed E-state index contributed by atoms with van der Waals surface area (Å²) in [5, 5.41) is 13.4. The van der Waals surface area contributed by atoms with Gasteiger partial charge in [-0.15, -0.1) is 0 Å². The number of carbonyl (C=O) groups excluding carboxylic acids is 1. The number of non-ortho nitro benzene ring substituents is 1. The molecule has 8 heteroatoms. The molecule has 120 valence electrons. The van der Waals surface area contributed by atoms with Crippen LogP contribution in [0.4, 0.5) is 11.4 Å². The average molecular weight is 333 g/mol. The van der Waals surface area contributed by atoms with Crippen LogP contribution in [-0.4, -0.2) is 21.3 Å². The first-order valence-corrected chi connectivity index (χ1v) is 8.19. The molecule has 0 aliphatic heterocycles. The Hall–Kier alpha value is -2.74. The van der Waals surface area contributed by atoms with Gasteiger partial charge in [-0.25, -0.2) is 0 Å². The maximum Gasteiger partial charge on any atom is 0.270 e. The van der Waals surface area contributed by atoms with Gasteiger partial charge < -0.3 is 11.1 Å². The van der Waals surface area contributed by atoms with Crippen LogP contribution in [0, 0.1) is 10.1 Å². The lowest BCUT2D eigenvalue weighted by Gasteiger charge is -2.08. The molecule has 2 aromatic rings. The van der Waals surface area contributed by atoms with E-state index < -0.39 is 21.6 Å². The maximum absolute atomic E-state index is 12.1. The Balaban J connectivity index is 2.09. The minimum Gasteiger partial charge on any atom is -0.398 e. The number of benzene rings is 2. The molecule has 0 aliphatic carbocycles. The van der Waals surface area contributed by atoms with E-state index in [9.17, 15) is 19.1 Å². The zero-order chi connectivity index (χ0) is 17.0. The smallest absolute Gasteiger partial charge is 0.270 e. The summed E-state index contributed by atoms with van der Waals surface area (Å²) in [5.74, 6) is -0.491. The molecule has 2 aromatic carbocycles. The quantitative estimate of drug-likeness (QED) is 0.492. The van der Waals surface area contributed by atoms with Crippen molar-refractivity contribution in [3.05, 3.63) is 63.7 Å². The van der Waals surface area contributed by atoms with Crippen molar-refractivity contribution in [3.8, 4) is 0 Å². The molecule has 3 N–H and O–H groups in total. The van der Waals surface area contributed by atoms with Gasteiger partial charge in [0, 0.05) is 46.3 Å². The molecule has 0 fully saturated rings. The lowest BCUT2D eigenvalue weighted by molar-refractivity contribution is -0.384. The molecule has 0 heterocycles. The molecule has 7 nitrogen and oxygen atoms in total. The predicted molar refractivity (Wildman–Crippen MR) is 87.5 cm³/mol. The molecule has 0 radical (unpaired) electrons. The minimum absolute atomic E-state index is 0.0606. The number of nitrogens with two attached hydrogens (primary N) is 1. The lowest BCUT2D eigenvalue weighted by Crippen LogP contribution is -2.23. The highest BCUT2D eigenvalue weighted by atomic mass is 32.2. The lowest BCUT2D eigenvalue weighted by atomic mass is 10.1. The third-order valence-corrected chi connectivity index (χ3v) is 4.14. The van der Waals surface area contributed by atoms with Crippen molar-refractivity contribution in [2.75, 3.05) is 12.0 Å². The van der Waals surface area contributed by atoms with E-state index in [0.29, 0.717) is 4.90 Å². The monoisotopic (exact) mass is 333 g/mol. The van der Waals surface area contributed by atoms with Crippen LogP contribution >= 0.6 is 0 Å². The normalized spacial score (nSPS) is 11.7. The summed E-state index contributed by atoms with van der Waals surface area (Å²) in [4.78, 5) is 23.0. The first kappa shape index (κ1) is 16.6. The molecular formula is C15H15N3O4S. The second-order valence-electron chi connectivity index (χ2n) is 4.81. The highest BCUT2D eigenvalue weighted by molar-refractivity contribution is 7.84.